The highest BCUT2D eigenvalue weighted by molar-refractivity contribution is 5.87. The number of carbonyl (C=O) groups is 2. The summed E-state index contributed by atoms with van der Waals surface area (Å²) in [5, 5.41) is 2.65. The standard InChI is InChI=1S/C12H18N2O2/c13-10(15)6-14-11(16)9-5-12(9,7-1-2-7)8-3-4-8/h7-9H,1-6H2,(H2,13,15)(H,14,16). The Kier molecular flexibility index (Phi) is 2.03. The van der Waals surface area contributed by atoms with E-state index in [0.717, 1.165) is 18.3 Å². The molecule has 3 aliphatic rings. The van der Waals surface area contributed by atoms with E-state index in [1.807, 2.05) is 0 Å². The highest BCUT2D eigenvalue weighted by Crippen LogP contribution is 2.74. The summed E-state index contributed by atoms with van der Waals surface area (Å²) in [6.45, 7) is -0.0131. The van der Waals surface area contributed by atoms with Gasteiger partial charge in [-0.1, -0.05) is 0 Å². The lowest BCUT2D eigenvalue weighted by atomic mass is 9.91. The van der Waals surface area contributed by atoms with Crippen molar-refractivity contribution in [1.82, 2.24) is 5.32 Å². The first-order valence-corrected chi connectivity index (χ1v) is 6.20. The Balaban J connectivity index is 1.60. The third-order valence-corrected chi connectivity index (χ3v) is 4.47. The number of hydrogen-bond donors (Lipinski definition) is 2. The first-order chi connectivity index (χ1) is 7.64. The van der Waals surface area contributed by atoms with Crippen molar-refractivity contribution >= 4 is 11.8 Å². The Morgan fingerprint density at radius 3 is 2.19 bits per heavy atom. The van der Waals surface area contributed by atoms with Gasteiger partial charge in [-0.05, 0) is 49.4 Å². The number of carbonyl (C=O) groups excluding carboxylic acids is 2. The Hall–Kier alpha value is -1.06. The summed E-state index contributed by atoms with van der Waals surface area (Å²) in [5.74, 6) is 1.36. The molecule has 0 heterocycles. The number of hydrogen-bond acceptors (Lipinski definition) is 2. The molecule has 3 fully saturated rings. The molecular weight excluding hydrogens is 204 g/mol. The van der Waals surface area contributed by atoms with Gasteiger partial charge in [-0.2, -0.15) is 0 Å². The predicted octanol–water partition coefficient (Wildman–Crippen LogP) is 0.414. The average molecular weight is 222 g/mol. The highest BCUT2D eigenvalue weighted by atomic mass is 16.2. The number of nitrogens with one attached hydrogen (secondary N) is 1. The molecule has 1 unspecified atom stereocenters. The van der Waals surface area contributed by atoms with Gasteiger partial charge in [0.15, 0.2) is 0 Å². The van der Waals surface area contributed by atoms with Gasteiger partial charge in [-0.15, -0.1) is 0 Å². The minimum absolute atomic E-state index is 0.0131. The van der Waals surface area contributed by atoms with Gasteiger partial charge in [0.2, 0.25) is 11.8 Å². The zero-order chi connectivity index (χ0) is 11.3. The van der Waals surface area contributed by atoms with Crippen molar-refractivity contribution in [2.45, 2.75) is 32.1 Å². The maximum atomic E-state index is 11.9. The molecule has 4 nitrogen and oxygen atoms in total. The molecule has 0 aliphatic heterocycles. The van der Waals surface area contributed by atoms with Gasteiger partial charge in [0.05, 0.1) is 6.54 Å². The summed E-state index contributed by atoms with van der Waals surface area (Å²) < 4.78 is 0. The maximum absolute atomic E-state index is 11.9. The maximum Gasteiger partial charge on any atom is 0.236 e. The lowest BCUT2D eigenvalue weighted by molar-refractivity contribution is -0.126. The normalized spacial score (nSPS) is 30.9. The van der Waals surface area contributed by atoms with Crippen molar-refractivity contribution in [3.63, 3.8) is 0 Å². The third kappa shape index (κ3) is 1.51. The minimum Gasteiger partial charge on any atom is -0.368 e. The van der Waals surface area contributed by atoms with Crippen LogP contribution in [0.2, 0.25) is 0 Å². The molecule has 0 bridgehead atoms. The zero-order valence-corrected chi connectivity index (χ0v) is 9.37. The fourth-order valence-corrected chi connectivity index (χ4v) is 3.41. The van der Waals surface area contributed by atoms with Crippen LogP contribution in [-0.4, -0.2) is 18.4 Å². The van der Waals surface area contributed by atoms with Crippen LogP contribution in [0.1, 0.15) is 32.1 Å². The molecule has 3 rings (SSSR count). The van der Waals surface area contributed by atoms with Crippen molar-refractivity contribution in [3.05, 3.63) is 0 Å². The molecule has 3 aliphatic carbocycles. The van der Waals surface area contributed by atoms with Gasteiger partial charge in [0.25, 0.3) is 0 Å². The van der Waals surface area contributed by atoms with E-state index < -0.39 is 5.91 Å². The molecule has 0 aromatic heterocycles. The van der Waals surface area contributed by atoms with Gasteiger partial charge in [0.1, 0.15) is 0 Å². The predicted molar refractivity (Wildman–Crippen MR) is 58.2 cm³/mol. The molecular formula is C12H18N2O2. The molecule has 0 spiro atoms. The van der Waals surface area contributed by atoms with Gasteiger partial charge in [0, 0.05) is 5.92 Å². The monoisotopic (exact) mass is 222 g/mol. The van der Waals surface area contributed by atoms with Crippen molar-refractivity contribution in [3.8, 4) is 0 Å². The summed E-state index contributed by atoms with van der Waals surface area (Å²) in [7, 11) is 0. The van der Waals surface area contributed by atoms with E-state index in [1.54, 1.807) is 0 Å². The molecule has 3 N–H and O–H groups in total. The molecule has 3 saturated carbocycles. The first-order valence-electron chi connectivity index (χ1n) is 6.20. The number of nitrogens with two attached hydrogens (primary N) is 1. The largest absolute Gasteiger partial charge is 0.368 e. The van der Waals surface area contributed by atoms with Crippen LogP contribution >= 0.6 is 0 Å². The van der Waals surface area contributed by atoms with Crippen LogP contribution in [0, 0.1) is 23.2 Å². The second-order valence-electron chi connectivity index (χ2n) is 5.60. The van der Waals surface area contributed by atoms with E-state index in [9.17, 15) is 9.59 Å². The molecule has 0 saturated heterocycles. The van der Waals surface area contributed by atoms with Crippen molar-refractivity contribution in [1.29, 1.82) is 0 Å². The van der Waals surface area contributed by atoms with Crippen LogP contribution in [0.25, 0.3) is 0 Å². The summed E-state index contributed by atoms with van der Waals surface area (Å²) in [6.07, 6.45) is 6.26. The lowest BCUT2D eigenvalue weighted by Crippen LogP contribution is -2.35. The van der Waals surface area contributed by atoms with Crippen LogP contribution in [0.3, 0.4) is 0 Å². The van der Waals surface area contributed by atoms with Crippen molar-refractivity contribution in [2.75, 3.05) is 6.54 Å². The molecule has 0 aromatic rings. The van der Waals surface area contributed by atoms with Crippen molar-refractivity contribution < 1.29 is 9.59 Å². The molecule has 2 amide bonds. The van der Waals surface area contributed by atoms with E-state index in [2.05, 4.69) is 5.32 Å². The van der Waals surface area contributed by atoms with E-state index in [4.69, 9.17) is 5.73 Å². The van der Waals surface area contributed by atoms with E-state index >= 15 is 0 Å². The van der Waals surface area contributed by atoms with Crippen LogP contribution in [0.15, 0.2) is 0 Å². The highest BCUT2D eigenvalue weighted by Gasteiger charge is 2.70. The fourth-order valence-electron chi connectivity index (χ4n) is 3.41. The Bertz CT molecular complexity index is 333. The number of primary amides is 1. The van der Waals surface area contributed by atoms with Crippen LogP contribution in [0.4, 0.5) is 0 Å². The molecule has 4 heteroatoms. The van der Waals surface area contributed by atoms with E-state index in [0.29, 0.717) is 5.41 Å². The molecule has 0 aromatic carbocycles. The minimum atomic E-state index is -0.461. The smallest absolute Gasteiger partial charge is 0.236 e. The Morgan fingerprint density at radius 1 is 1.19 bits per heavy atom. The van der Waals surface area contributed by atoms with Crippen LogP contribution < -0.4 is 11.1 Å². The molecule has 1 atom stereocenters. The molecule has 0 radical (unpaired) electrons. The summed E-state index contributed by atoms with van der Waals surface area (Å²) >= 11 is 0. The molecule has 88 valence electrons. The summed E-state index contributed by atoms with van der Waals surface area (Å²) in [6, 6.07) is 0. The number of amides is 2. The Morgan fingerprint density at radius 2 is 1.75 bits per heavy atom. The third-order valence-electron chi connectivity index (χ3n) is 4.47. The van der Waals surface area contributed by atoms with Crippen LogP contribution in [0.5, 0.6) is 0 Å². The average Bonchev–Trinajstić information content (AvgIpc) is 3.12. The number of rotatable bonds is 5. The second kappa shape index (κ2) is 3.22. The summed E-state index contributed by atoms with van der Waals surface area (Å²) in [4.78, 5) is 22.5. The first kappa shape index (κ1) is 10.1. The van der Waals surface area contributed by atoms with Gasteiger partial charge in [-0.25, -0.2) is 0 Å². The topological polar surface area (TPSA) is 72.2 Å². The summed E-state index contributed by atoms with van der Waals surface area (Å²) in [5.41, 5.74) is 5.35. The van der Waals surface area contributed by atoms with E-state index in [-0.39, 0.29) is 18.4 Å². The molecule has 16 heavy (non-hydrogen) atoms. The van der Waals surface area contributed by atoms with E-state index in [1.165, 1.54) is 25.7 Å². The fraction of sp³-hybridized carbons (Fsp3) is 0.833. The zero-order valence-electron chi connectivity index (χ0n) is 9.37. The van der Waals surface area contributed by atoms with Crippen molar-refractivity contribution in [2.24, 2.45) is 28.9 Å². The van der Waals surface area contributed by atoms with Gasteiger partial charge in [-0.3, -0.25) is 9.59 Å². The quantitative estimate of drug-likeness (QED) is 0.707. The Labute approximate surface area is 94.9 Å². The van der Waals surface area contributed by atoms with Gasteiger partial charge < -0.3 is 11.1 Å². The second-order valence-corrected chi connectivity index (χ2v) is 5.60. The lowest BCUT2D eigenvalue weighted by Gasteiger charge is -2.15. The SMILES string of the molecule is NC(=O)CNC(=O)C1CC1(C1CC1)C1CC1. The van der Waals surface area contributed by atoms with Crippen LogP contribution in [-0.2, 0) is 9.59 Å². The van der Waals surface area contributed by atoms with Gasteiger partial charge >= 0.3 is 0 Å².